The van der Waals surface area contributed by atoms with E-state index in [9.17, 15) is 13.2 Å². The van der Waals surface area contributed by atoms with Gasteiger partial charge in [-0.2, -0.15) is 13.5 Å². The SMILES string of the molecule is O=C(CCN(N=Cc1ccc(Cl)cc1Cl)C1=NS(=O)(=O)c2ccccc21)NC1CCCCC1. The van der Waals surface area contributed by atoms with Crippen LogP contribution < -0.4 is 5.32 Å². The van der Waals surface area contributed by atoms with Crippen molar-refractivity contribution in [3.63, 3.8) is 0 Å². The van der Waals surface area contributed by atoms with Gasteiger partial charge in [0, 0.05) is 28.6 Å². The Kier molecular flexibility index (Phi) is 7.36. The monoisotopic (exact) mass is 506 g/mol. The number of fused-ring (bicyclic) bond motifs is 1. The molecular formula is C23H24Cl2N4O3S. The van der Waals surface area contributed by atoms with Gasteiger partial charge in [0.25, 0.3) is 10.0 Å². The van der Waals surface area contributed by atoms with Crippen LogP contribution in [0.4, 0.5) is 0 Å². The Morgan fingerprint density at radius 2 is 1.91 bits per heavy atom. The second kappa shape index (κ2) is 10.2. The number of carbonyl (C=O) groups excluding carboxylic acids is 1. The van der Waals surface area contributed by atoms with Crippen molar-refractivity contribution in [1.29, 1.82) is 0 Å². The summed E-state index contributed by atoms with van der Waals surface area (Å²) in [7, 11) is -3.83. The van der Waals surface area contributed by atoms with Crippen LogP contribution in [-0.4, -0.2) is 44.0 Å². The molecule has 0 bridgehead atoms. The Morgan fingerprint density at radius 1 is 1.15 bits per heavy atom. The smallest absolute Gasteiger partial charge is 0.285 e. The highest BCUT2D eigenvalue weighted by Gasteiger charge is 2.32. The zero-order valence-electron chi connectivity index (χ0n) is 17.9. The first kappa shape index (κ1) is 23.7. The van der Waals surface area contributed by atoms with E-state index in [-0.39, 0.29) is 35.6 Å². The van der Waals surface area contributed by atoms with Gasteiger partial charge in [0.1, 0.15) is 4.90 Å². The number of hydrazone groups is 1. The minimum Gasteiger partial charge on any atom is -0.353 e. The summed E-state index contributed by atoms with van der Waals surface area (Å²) in [6.07, 6.45) is 7.07. The number of halogens is 2. The van der Waals surface area contributed by atoms with E-state index in [1.54, 1.807) is 36.4 Å². The Labute approximate surface area is 203 Å². The van der Waals surface area contributed by atoms with Crippen LogP contribution in [0.15, 0.2) is 56.9 Å². The lowest BCUT2D eigenvalue weighted by Gasteiger charge is -2.24. The standard InChI is InChI=1S/C23H24Cl2N4O3S/c24-17-11-10-16(20(25)14-17)15-26-29(13-12-22(30)27-18-6-2-1-3-7-18)23-19-8-4-5-9-21(19)33(31,32)28-23/h4-5,8-11,14-15,18H,1-3,6-7,12-13H2,(H,27,30). The third-order valence-corrected chi connectivity index (χ3v) is 7.56. The second-order valence-corrected chi connectivity index (χ2v) is 10.5. The molecule has 1 saturated carbocycles. The molecule has 2 aromatic carbocycles. The molecule has 0 unspecified atom stereocenters. The van der Waals surface area contributed by atoms with E-state index in [1.807, 2.05) is 0 Å². The molecule has 4 rings (SSSR count). The average molecular weight is 507 g/mol. The average Bonchev–Trinajstić information content (AvgIpc) is 3.06. The van der Waals surface area contributed by atoms with E-state index in [0.29, 0.717) is 21.2 Å². The molecule has 7 nitrogen and oxygen atoms in total. The van der Waals surface area contributed by atoms with Gasteiger partial charge in [-0.1, -0.05) is 60.7 Å². The molecule has 0 spiro atoms. The quantitative estimate of drug-likeness (QED) is 0.457. The predicted molar refractivity (Wildman–Crippen MR) is 131 cm³/mol. The van der Waals surface area contributed by atoms with Gasteiger partial charge in [0.05, 0.1) is 17.8 Å². The summed E-state index contributed by atoms with van der Waals surface area (Å²) < 4.78 is 29.1. The summed E-state index contributed by atoms with van der Waals surface area (Å²) in [6, 6.07) is 11.8. The van der Waals surface area contributed by atoms with Gasteiger partial charge in [0.2, 0.25) is 5.91 Å². The van der Waals surface area contributed by atoms with Crippen molar-refractivity contribution in [2.24, 2.45) is 9.50 Å². The van der Waals surface area contributed by atoms with E-state index in [2.05, 4.69) is 14.8 Å². The molecule has 0 radical (unpaired) electrons. The third-order valence-electron chi connectivity index (χ3n) is 5.68. The van der Waals surface area contributed by atoms with Crippen LogP contribution >= 0.6 is 23.2 Å². The summed E-state index contributed by atoms with van der Waals surface area (Å²) in [5.74, 6) is 0.0822. The number of carbonyl (C=O) groups is 1. The van der Waals surface area contributed by atoms with Crippen molar-refractivity contribution in [2.75, 3.05) is 6.54 Å². The Morgan fingerprint density at radius 3 is 2.67 bits per heavy atom. The molecule has 1 aliphatic heterocycles. The molecule has 10 heteroatoms. The maximum absolute atomic E-state index is 12.6. The molecule has 0 saturated heterocycles. The molecule has 1 N–H and O–H groups in total. The van der Waals surface area contributed by atoms with Crippen molar-refractivity contribution in [3.8, 4) is 0 Å². The first-order chi connectivity index (χ1) is 15.8. The molecule has 2 aromatic rings. The summed E-state index contributed by atoms with van der Waals surface area (Å²) in [5.41, 5.74) is 1.05. The number of rotatable bonds is 6. The van der Waals surface area contributed by atoms with Crippen molar-refractivity contribution in [2.45, 2.75) is 49.5 Å². The van der Waals surface area contributed by atoms with Crippen LogP contribution in [0.25, 0.3) is 0 Å². The molecule has 1 aliphatic carbocycles. The summed E-state index contributed by atoms with van der Waals surface area (Å²) in [5, 5.41) is 9.87. The highest BCUT2D eigenvalue weighted by molar-refractivity contribution is 7.90. The molecule has 0 atom stereocenters. The van der Waals surface area contributed by atoms with Crippen LogP contribution in [-0.2, 0) is 14.8 Å². The van der Waals surface area contributed by atoms with Crippen LogP contribution in [0.2, 0.25) is 10.0 Å². The van der Waals surface area contributed by atoms with Gasteiger partial charge in [-0.05, 0) is 37.1 Å². The molecule has 0 aromatic heterocycles. The molecule has 174 valence electrons. The van der Waals surface area contributed by atoms with Crippen molar-refractivity contribution < 1.29 is 13.2 Å². The Bertz CT molecular complexity index is 1210. The fourth-order valence-corrected chi connectivity index (χ4v) is 5.65. The van der Waals surface area contributed by atoms with E-state index < -0.39 is 10.0 Å². The van der Waals surface area contributed by atoms with Crippen LogP contribution in [0, 0.1) is 0 Å². The zero-order chi connectivity index (χ0) is 23.4. The first-order valence-electron chi connectivity index (χ1n) is 10.8. The van der Waals surface area contributed by atoms with Crippen LogP contribution in [0.3, 0.4) is 0 Å². The fourth-order valence-electron chi connectivity index (χ4n) is 3.99. The number of amidine groups is 1. The van der Waals surface area contributed by atoms with Gasteiger partial charge < -0.3 is 5.32 Å². The molecule has 33 heavy (non-hydrogen) atoms. The number of amides is 1. The van der Waals surface area contributed by atoms with Crippen LogP contribution in [0.1, 0.15) is 49.7 Å². The first-order valence-corrected chi connectivity index (χ1v) is 13.0. The number of benzene rings is 2. The van der Waals surface area contributed by atoms with Gasteiger partial charge in [0.15, 0.2) is 5.84 Å². The zero-order valence-corrected chi connectivity index (χ0v) is 20.2. The van der Waals surface area contributed by atoms with Crippen molar-refractivity contribution in [1.82, 2.24) is 10.3 Å². The molecule has 1 fully saturated rings. The molecule has 2 aliphatic rings. The number of hydrogen-bond acceptors (Lipinski definition) is 5. The summed E-state index contributed by atoms with van der Waals surface area (Å²) >= 11 is 12.2. The fraction of sp³-hybridized carbons (Fsp3) is 0.348. The van der Waals surface area contributed by atoms with Gasteiger partial charge in [-0.3, -0.25) is 4.79 Å². The maximum atomic E-state index is 12.6. The maximum Gasteiger partial charge on any atom is 0.285 e. The molecule has 1 heterocycles. The Balaban J connectivity index is 1.57. The van der Waals surface area contributed by atoms with Gasteiger partial charge in [-0.15, -0.1) is 4.40 Å². The van der Waals surface area contributed by atoms with Gasteiger partial charge >= 0.3 is 0 Å². The highest BCUT2D eigenvalue weighted by atomic mass is 35.5. The lowest BCUT2D eigenvalue weighted by Crippen LogP contribution is -2.38. The lowest BCUT2D eigenvalue weighted by molar-refractivity contribution is -0.122. The van der Waals surface area contributed by atoms with E-state index >= 15 is 0 Å². The number of nitrogens with zero attached hydrogens (tertiary/aromatic N) is 3. The summed E-state index contributed by atoms with van der Waals surface area (Å²) in [6.45, 7) is 0.156. The number of nitrogens with one attached hydrogen (secondary N) is 1. The van der Waals surface area contributed by atoms with Gasteiger partial charge in [-0.25, -0.2) is 5.01 Å². The predicted octanol–water partition coefficient (Wildman–Crippen LogP) is 4.62. The normalized spacial score (nSPS) is 17.6. The minimum absolute atomic E-state index is 0.0960. The van der Waals surface area contributed by atoms with E-state index in [1.165, 1.54) is 23.7 Å². The summed E-state index contributed by atoms with van der Waals surface area (Å²) in [4.78, 5) is 12.7. The number of sulfonamides is 1. The van der Waals surface area contributed by atoms with Crippen molar-refractivity contribution >= 4 is 51.2 Å². The lowest BCUT2D eigenvalue weighted by atomic mass is 9.95. The van der Waals surface area contributed by atoms with E-state index in [4.69, 9.17) is 23.2 Å². The molecule has 1 amide bonds. The third kappa shape index (κ3) is 5.75. The second-order valence-electron chi connectivity index (χ2n) is 8.07. The largest absolute Gasteiger partial charge is 0.353 e. The highest BCUT2D eigenvalue weighted by Crippen LogP contribution is 2.28. The minimum atomic E-state index is -3.83. The molecular weight excluding hydrogens is 483 g/mol. The van der Waals surface area contributed by atoms with Crippen molar-refractivity contribution in [3.05, 3.63) is 63.6 Å². The van der Waals surface area contributed by atoms with Crippen LogP contribution in [0.5, 0.6) is 0 Å². The topological polar surface area (TPSA) is 91.2 Å². The Hall–Kier alpha value is -2.42. The van der Waals surface area contributed by atoms with E-state index in [0.717, 1.165) is 25.7 Å². The number of hydrogen-bond donors (Lipinski definition) is 1.